The summed E-state index contributed by atoms with van der Waals surface area (Å²) in [6.07, 6.45) is 3.80. The predicted molar refractivity (Wildman–Crippen MR) is 131 cm³/mol. The second-order valence-electron chi connectivity index (χ2n) is 6.86. The van der Waals surface area contributed by atoms with Crippen LogP contribution >= 0.6 is 23.4 Å². The fourth-order valence-corrected chi connectivity index (χ4v) is 4.12. The molecule has 3 aromatic carbocycles. The predicted octanol–water partition coefficient (Wildman–Crippen LogP) is 6.40. The van der Waals surface area contributed by atoms with Crippen LogP contribution in [0.25, 0.3) is 17.8 Å². The van der Waals surface area contributed by atoms with E-state index in [0.29, 0.717) is 10.8 Å². The van der Waals surface area contributed by atoms with Gasteiger partial charge in [-0.2, -0.15) is 0 Å². The van der Waals surface area contributed by atoms with E-state index in [-0.39, 0.29) is 0 Å². The van der Waals surface area contributed by atoms with Gasteiger partial charge in [-0.3, -0.25) is 0 Å². The lowest BCUT2D eigenvalue weighted by atomic mass is 10.1. The highest BCUT2D eigenvalue weighted by Crippen LogP contribution is 2.27. The number of thioether (sulfide) groups is 1. The third-order valence-corrected chi connectivity index (χ3v) is 5.98. The van der Waals surface area contributed by atoms with Gasteiger partial charge in [0.25, 0.3) is 0 Å². The molecule has 0 bridgehead atoms. The lowest BCUT2D eigenvalue weighted by Gasteiger charge is -2.06. The second-order valence-corrected chi connectivity index (χ2v) is 8.24. The Balaban J connectivity index is 1.65. The number of ether oxygens (including phenoxy) is 2. The number of benzene rings is 3. The van der Waals surface area contributed by atoms with Crippen LogP contribution in [-0.4, -0.2) is 29.0 Å². The number of methoxy groups -OCH3 is 2. The second kappa shape index (κ2) is 10.4. The van der Waals surface area contributed by atoms with Gasteiger partial charge < -0.3 is 9.47 Å². The SMILES string of the molecule is COc1ccc(OC)c(/C=C/c2nc(SCc3ccccc3)n(-c3ccc(Cl)cc3)n2)c1. The monoisotopic (exact) mass is 463 g/mol. The normalized spacial score (nSPS) is 11.1. The maximum absolute atomic E-state index is 6.07. The topological polar surface area (TPSA) is 49.2 Å². The Kier molecular flexibility index (Phi) is 7.14. The molecular weight excluding hydrogens is 442 g/mol. The largest absolute Gasteiger partial charge is 0.497 e. The van der Waals surface area contributed by atoms with Crippen LogP contribution in [-0.2, 0) is 5.75 Å². The van der Waals surface area contributed by atoms with Crippen LogP contribution in [0.1, 0.15) is 17.0 Å². The highest BCUT2D eigenvalue weighted by atomic mass is 35.5. The van der Waals surface area contributed by atoms with E-state index in [1.165, 1.54) is 5.56 Å². The van der Waals surface area contributed by atoms with Crippen molar-refractivity contribution in [3.63, 3.8) is 0 Å². The van der Waals surface area contributed by atoms with Crippen molar-refractivity contribution >= 4 is 35.5 Å². The van der Waals surface area contributed by atoms with Crippen LogP contribution in [0.2, 0.25) is 5.02 Å². The van der Waals surface area contributed by atoms with E-state index in [9.17, 15) is 0 Å². The van der Waals surface area contributed by atoms with E-state index >= 15 is 0 Å². The summed E-state index contributed by atoms with van der Waals surface area (Å²) in [6.45, 7) is 0. The van der Waals surface area contributed by atoms with E-state index in [1.807, 2.05) is 77.5 Å². The standard InChI is InChI=1S/C25H22ClN3O2S/c1-30-22-13-14-23(31-2)19(16-22)8-15-24-27-25(32-17-18-6-4-3-5-7-18)29(28-24)21-11-9-20(26)10-12-21/h3-16H,17H2,1-2H3/b15-8+. The Labute approximate surface area is 196 Å². The maximum Gasteiger partial charge on any atom is 0.191 e. The number of hydrogen-bond donors (Lipinski definition) is 0. The molecule has 0 aliphatic carbocycles. The molecule has 32 heavy (non-hydrogen) atoms. The van der Waals surface area contributed by atoms with Crippen LogP contribution in [0.4, 0.5) is 0 Å². The van der Waals surface area contributed by atoms with E-state index in [0.717, 1.165) is 33.7 Å². The van der Waals surface area contributed by atoms with E-state index in [1.54, 1.807) is 26.0 Å². The van der Waals surface area contributed by atoms with Crippen molar-refractivity contribution in [3.05, 3.63) is 94.8 Å². The fourth-order valence-electron chi connectivity index (χ4n) is 3.08. The molecule has 162 valence electrons. The molecule has 1 heterocycles. The zero-order valence-corrected chi connectivity index (χ0v) is 19.3. The molecule has 0 atom stereocenters. The third-order valence-electron chi connectivity index (χ3n) is 4.72. The van der Waals surface area contributed by atoms with Crippen LogP contribution < -0.4 is 9.47 Å². The first-order valence-corrected chi connectivity index (χ1v) is 11.3. The van der Waals surface area contributed by atoms with Crippen molar-refractivity contribution in [3.8, 4) is 17.2 Å². The Bertz CT molecular complexity index is 1210. The van der Waals surface area contributed by atoms with Crippen LogP contribution in [0, 0.1) is 0 Å². The van der Waals surface area contributed by atoms with Crippen molar-refractivity contribution in [2.45, 2.75) is 10.9 Å². The highest BCUT2D eigenvalue weighted by Gasteiger charge is 2.12. The average Bonchev–Trinajstić information content (AvgIpc) is 3.25. The Morgan fingerprint density at radius 3 is 2.44 bits per heavy atom. The first-order chi connectivity index (χ1) is 15.7. The van der Waals surface area contributed by atoms with Crippen molar-refractivity contribution in [1.29, 1.82) is 0 Å². The molecule has 7 heteroatoms. The molecule has 1 aromatic heterocycles. The summed E-state index contributed by atoms with van der Waals surface area (Å²) in [5.41, 5.74) is 3.01. The third kappa shape index (κ3) is 5.33. The van der Waals surface area contributed by atoms with Gasteiger partial charge >= 0.3 is 0 Å². The van der Waals surface area contributed by atoms with Crippen molar-refractivity contribution in [1.82, 2.24) is 14.8 Å². The molecule has 0 saturated carbocycles. The Morgan fingerprint density at radius 1 is 0.938 bits per heavy atom. The number of halogens is 1. The van der Waals surface area contributed by atoms with Gasteiger partial charge in [-0.1, -0.05) is 53.7 Å². The molecule has 4 aromatic rings. The first-order valence-electron chi connectivity index (χ1n) is 9.96. The lowest BCUT2D eigenvalue weighted by molar-refractivity contribution is 0.402. The maximum atomic E-state index is 6.07. The molecule has 0 aliphatic heterocycles. The fraction of sp³-hybridized carbons (Fsp3) is 0.120. The van der Waals surface area contributed by atoms with Crippen LogP contribution in [0.5, 0.6) is 11.5 Å². The summed E-state index contributed by atoms with van der Waals surface area (Å²) in [4.78, 5) is 4.76. The van der Waals surface area contributed by atoms with Gasteiger partial charge in [-0.05, 0) is 60.2 Å². The molecule has 0 amide bonds. The number of aromatic nitrogens is 3. The lowest BCUT2D eigenvalue weighted by Crippen LogP contribution is -1.98. The average molecular weight is 464 g/mol. The first kappa shape index (κ1) is 22.0. The summed E-state index contributed by atoms with van der Waals surface area (Å²) in [5, 5.41) is 6.20. The molecule has 0 aliphatic rings. The highest BCUT2D eigenvalue weighted by molar-refractivity contribution is 7.98. The van der Waals surface area contributed by atoms with Gasteiger partial charge in [0, 0.05) is 16.3 Å². The van der Waals surface area contributed by atoms with E-state index in [4.69, 9.17) is 31.2 Å². The summed E-state index contributed by atoms with van der Waals surface area (Å²) in [5.74, 6) is 2.89. The van der Waals surface area contributed by atoms with Gasteiger partial charge in [-0.25, -0.2) is 9.67 Å². The van der Waals surface area contributed by atoms with Crippen LogP contribution in [0.15, 0.2) is 78.0 Å². The van der Waals surface area contributed by atoms with Crippen LogP contribution in [0.3, 0.4) is 0 Å². The van der Waals surface area contributed by atoms with Gasteiger partial charge in [-0.15, -0.1) is 5.10 Å². The summed E-state index contributed by atoms with van der Waals surface area (Å²) < 4.78 is 12.6. The molecule has 0 saturated heterocycles. The zero-order valence-electron chi connectivity index (χ0n) is 17.7. The molecule has 0 radical (unpaired) electrons. The molecule has 0 spiro atoms. The summed E-state index contributed by atoms with van der Waals surface area (Å²) >= 11 is 7.71. The number of nitrogens with zero attached hydrogens (tertiary/aromatic N) is 3. The Hall–Kier alpha value is -3.22. The summed E-state index contributed by atoms with van der Waals surface area (Å²) in [7, 11) is 3.28. The minimum atomic E-state index is 0.598. The van der Waals surface area contributed by atoms with Gasteiger partial charge in [0.05, 0.1) is 19.9 Å². The Morgan fingerprint density at radius 2 is 1.72 bits per heavy atom. The van der Waals surface area contributed by atoms with Crippen molar-refractivity contribution < 1.29 is 9.47 Å². The van der Waals surface area contributed by atoms with Gasteiger partial charge in [0.15, 0.2) is 11.0 Å². The van der Waals surface area contributed by atoms with Gasteiger partial charge in [0.1, 0.15) is 11.5 Å². The van der Waals surface area contributed by atoms with E-state index in [2.05, 4.69) is 12.1 Å². The minimum absolute atomic E-state index is 0.598. The zero-order chi connectivity index (χ0) is 22.3. The van der Waals surface area contributed by atoms with E-state index < -0.39 is 0 Å². The molecule has 5 nitrogen and oxygen atoms in total. The smallest absolute Gasteiger partial charge is 0.191 e. The molecule has 0 N–H and O–H groups in total. The number of rotatable bonds is 8. The molecule has 0 fully saturated rings. The van der Waals surface area contributed by atoms with Crippen molar-refractivity contribution in [2.75, 3.05) is 14.2 Å². The van der Waals surface area contributed by atoms with Gasteiger partial charge in [0.2, 0.25) is 0 Å². The summed E-state index contributed by atoms with van der Waals surface area (Å²) in [6, 6.07) is 23.5. The molecular formula is C25H22ClN3O2S. The van der Waals surface area contributed by atoms with Crippen molar-refractivity contribution in [2.24, 2.45) is 0 Å². The quantitative estimate of drug-likeness (QED) is 0.283. The molecule has 4 rings (SSSR count). The minimum Gasteiger partial charge on any atom is -0.497 e. The number of hydrogen-bond acceptors (Lipinski definition) is 5. The molecule has 0 unspecified atom stereocenters.